The maximum Gasteiger partial charge on any atom is 0.159 e. The normalized spacial score (nSPS) is 33.2. The molecule has 13 heavy (non-hydrogen) atoms. The van der Waals surface area contributed by atoms with Crippen molar-refractivity contribution in [1.29, 1.82) is 0 Å². The Labute approximate surface area is 77.5 Å². The predicted molar refractivity (Wildman–Crippen MR) is 50.3 cm³/mol. The van der Waals surface area contributed by atoms with Crippen molar-refractivity contribution >= 4 is 9.84 Å². The van der Waals surface area contributed by atoms with Gasteiger partial charge in [-0.05, 0) is 24.0 Å². The first-order valence-corrected chi connectivity index (χ1v) is 6.10. The minimum Gasteiger partial charge on any atom is -0.228 e. The van der Waals surface area contributed by atoms with Gasteiger partial charge in [0.1, 0.15) is 0 Å². The van der Waals surface area contributed by atoms with Crippen molar-refractivity contribution in [3.05, 3.63) is 35.4 Å². The molecule has 1 heterocycles. The lowest BCUT2D eigenvalue weighted by molar-refractivity contribution is 0.611. The van der Waals surface area contributed by atoms with Gasteiger partial charge in [-0.1, -0.05) is 24.3 Å². The van der Waals surface area contributed by atoms with Gasteiger partial charge in [0.2, 0.25) is 0 Å². The Morgan fingerprint density at radius 1 is 1.00 bits per heavy atom. The summed E-state index contributed by atoms with van der Waals surface area (Å²) in [6.45, 7) is 0. The van der Waals surface area contributed by atoms with Crippen molar-refractivity contribution in [3.63, 3.8) is 0 Å². The highest BCUT2D eigenvalue weighted by atomic mass is 32.2. The molecule has 1 aliphatic heterocycles. The Kier molecular flexibility index (Phi) is 1.25. The molecule has 1 fully saturated rings. The van der Waals surface area contributed by atoms with Crippen LogP contribution in [0.4, 0.5) is 0 Å². The highest BCUT2D eigenvalue weighted by Gasteiger charge is 2.58. The number of hydrogen-bond donors (Lipinski definition) is 0. The van der Waals surface area contributed by atoms with E-state index in [2.05, 4.69) is 0 Å². The highest BCUT2D eigenvalue weighted by molar-refractivity contribution is 8.00. The van der Waals surface area contributed by atoms with E-state index in [0.717, 1.165) is 12.8 Å². The van der Waals surface area contributed by atoms with Crippen LogP contribution >= 0.6 is 0 Å². The Balaban J connectivity index is 2.08. The van der Waals surface area contributed by atoms with Crippen LogP contribution in [-0.2, 0) is 22.7 Å². The molecule has 0 N–H and O–H groups in total. The fraction of sp³-hybridized carbons (Fsp3) is 0.400. The van der Waals surface area contributed by atoms with Crippen LogP contribution in [0.15, 0.2) is 24.3 Å². The molecule has 1 aliphatic carbocycles. The molecule has 2 unspecified atom stereocenters. The van der Waals surface area contributed by atoms with Gasteiger partial charge in [0, 0.05) is 0 Å². The summed E-state index contributed by atoms with van der Waals surface area (Å²) >= 11 is 0. The van der Waals surface area contributed by atoms with Gasteiger partial charge in [-0.2, -0.15) is 0 Å². The van der Waals surface area contributed by atoms with Crippen molar-refractivity contribution in [2.24, 2.45) is 0 Å². The molecular weight excluding hydrogens is 184 g/mol. The molecule has 68 valence electrons. The largest absolute Gasteiger partial charge is 0.228 e. The fourth-order valence-electron chi connectivity index (χ4n) is 2.27. The summed E-state index contributed by atoms with van der Waals surface area (Å²) < 4.78 is 22.8. The van der Waals surface area contributed by atoms with Crippen LogP contribution in [0.5, 0.6) is 0 Å². The van der Waals surface area contributed by atoms with Crippen molar-refractivity contribution in [3.8, 4) is 0 Å². The summed E-state index contributed by atoms with van der Waals surface area (Å²) in [6, 6.07) is 8.04. The molecule has 0 amide bonds. The van der Waals surface area contributed by atoms with Crippen LogP contribution in [0, 0.1) is 0 Å². The quantitative estimate of drug-likeness (QED) is 0.576. The minimum absolute atomic E-state index is 0.0533. The lowest BCUT2D eigenvalue weighted by Gasteiger charge is -2.10. The second-order valence-corrected chi connectivity index (χ2v) is 6.23. The second kappa shape index (κ2) is 2.15. The van der Waals surface area contributed by atoms with Crippen LogP contribution in [0.1, 0.15) is 11.1 Å². The van der Waals surface area contributed by atoms with E-state index in [1.807, 2.05) is 24.3 Å². The number of fused-ring (bicyclic) bond motifs is 2. The zero-order chi connectivity index (χ0) is 9.05. The maximum absolute atomic E-state index is 11.4. The zero-order valence-corrected chi connectivity index (χ0v) is 7.92. The van der Waals surface area contributed by atoms with E-state index >= 15 is 0 Å². The first-order chi connectivity index (χ1) is 6.19. The zero-order valence-electron chi connectivity index (χ0n) is 7.10. The molecule has 1 aromatic rings. The Hall–Kier alpha value is -0.830. The first kappa shape index (κ1) is 7.56. The third-order valence-electron chi connectivity index (χ3n) is 3.14. The van der Waals surface area contributed by atoms with Crippen LogP contribution in [0.2, 0.25) is 0 Å². The van der Waals surface area contributed by atoms with Crippen molar-refractivity contribution < 1.29 is 8.42 Å². The van der Waals surface area contributed by atoms with E-state index in [1.54, 1.807) is 0 Å². The summed E-state index contributed by atoms with van der Waals surface area (Å²) in [5.41, 5.74) is 2.45. The Morgan fingerprint density at radius 3 is 1.92 bits per heavy atom. The van der Waals surface area contributed by atoms with Gasteiger partial charge in [0.05, 0.1) is 10.5 Å². The molecule has 2 aliphatic rings. The van der Waals surface area contributed by atoms with Gasteiger partial charge >= 0.3 is 0 Å². The van der Waals surface area contributed by atoms with Gasteiger partial charge in [0.25, 0.3) is 0 Å². The van der Waals surface area contributed by atoms with E-state index in [9.17, 15) is 8.42 Å². The van der Waals surface area contributed by atoms with E-state index in [0.29, 0.717) is 0 Å². The van der Waals surface area contributed by atoms with Gasteiger partial charge in [0.15, 0.2) is 9.84 Å². The average molecular weight is 194 g/mol. The standard InChI is InChI=1S/C10H10O2S/c11-13(12)9-5-7-3-1-2-4-8(7)6-10(9)13/h1-4,9-10H,5-6H2. The molecule has 0 spiro atoms. The van der Waals surface area contributed by atoms with Crippen molar-refractivity contribution in [1.82, 2.24) is 0 Å². The van der Waals surface area contributed by atoms with E-state index in [4.69, 9.17) is 0 Å². The molecule has 0 saturated carbocycles. The smallest absolute Gasteiger partial charge is 0.159 e. The first-order valence-electron chi connectivity index (χ1n) is 4.49. The van der Waals surface area contributed by atoms with Gasteiger partial charge in [-0.15, -0.1) is 0 Å². The van der Waals surface area contributed by atoms with E-state index in [-0.39, 0.29) is 10.5 Å². The number of hydrogen-bond acceptors (Lipinski definition) is 2. The maximum atomic E-state index is 11.4. The minimum atomic E-state index is -2.70. The van der Waals surface area contributed by atoms with Gasteiger partial charge in [-0.3, -0.25) is 0 Å². The summed E-state index contributed by atoms with van der Waals surface area (Å²) in [7, 11) is -2.70. The van der Waals surface area contributed by atoms with Crippen molar-refractivity contribution in [2.45, 2.75) is 23.3 Å². The summed E-state index contributed by atoms with van der Waals surface area (Å²) in [4.78, 5) is 0. The highest BCUT2D eigenvalue weighted by Crippen LogP contribution is 2.42. The van der Waals surface area contributed by atoms with Gasteiger partial charge < -0.3 is 0 Å². The van der Waals surface area contributed by atoms with Gasteiger partial charge in [-0.25, -0.2) is 8.42 Å². The molecule has 2 nitrogen and oxygen atoms in total. The summed E-state index contributed by atoms with van der Waals surface area (Å²) in [5, 5.41) is -0.107. The lowest BCUT2D eigenvalue weighted by atomic mass is 9.92. The predicted octanol–water partition coefficient (Wildman–Crippen LogP) is 0.951. The fourth-order valence-corrected chi connectivity index (χ4v) is 4.32. The van der Waals surface area contributed by atoms with E-state index < -0.39 is 9.84 Å². The molecule has 2 atom stereocenters. The topological polar surface area (TPSA) is 34.1 Å². The third kappa shape index (κ3) is 0.908. The summed E-state index contributed by atoms with van der Waals surface area (Å²) in [5.74, 6) is 0. The molecular formula is C10H10O2S. The van der Waals surface area contributed by atoms with Crippen LogP contribution in [-0.4, -0.2) is 18.9 Å². The van der Waals surface area contributed by atoms with Crippen LogP contribution in [0.25, 0.3) is 0 Å². The lowest BCUT2D eigenvalue weighted by Crippen LogP contribution is -2.11. The molecule has 3 heteroatoms. The van der Waals surface area contributed by atoms with Crippen LogP contribution in [0.3, 0.4) is 0 Å². The molecule has 1 aromatic carbocycles. The molecule has 0 bridgehead atoms. The van der Waals surface area contributed by atoms with Crippen molar-refractivity contribution in [2.75, 3.05) is 0 Å². The molecule has 0 radical (unpaired) electrons. The SMILES string of the molecule is O=S1(=O)C2Cc3ccccc3CC21. The second-order valence-electron chi connectivity index (χ2n) is 3.84. The Bertz CT molecular complexity index is 425. The number of rotatable bonds is 0. The van der Waals surface area contributed by atoms with Crippen LogP contribution < -0.4 is 0 Å². The third-order valence-corrected chi connectivity index (χ3v) is 5.51. The molecule has 1 saturated heterocycles. The monoisotopic (exact) mass is 194 g/mol. The summed E-state index contributed by atoms with van der Waals surface area (Å²) in [6.07, 6.45) is 1.48. The molecule has 0 aromatic heterocycles. The number of benzene rings is 1. The molecule has 3 rings (SSSR count). The Morgan fingerprint density at radius 2 is 1.46 bits per heavy atom. The number of sulfone groups is 1. The van der Waals surface area contributed by atoms with E-state index in [1.165, 1.54) is 11.1 Å². The average Bonchev–Trinajstić information content (AvgIpc) is 2.66.